The molecule has 1 atom stereocenters. The average Bonchev–Trinajstić information content (AvgIpc) is 3.00. The molecule has 1 unspecified atom stereocenters. The number of ether oxygens (including phenoxy) is 1. The lowest BCUT2D eigenvalue weighted by molar-refractivity contribution is -0.129. The lowest BCUT2D eigenvalue weighted by Gasteiger charge is -2.16. The van der Waals surface area contributed by atoms with E-state index in [1.165, 1.54) is 7.11 Å². The van der Waals surface area contributed by atoms with E-state index in [1.807, 2.05) is 18.2 Å². The molecule has 7 heteroatoms. The molecule has 0 radical (unpaired) electrons. The molecule has 24 heavy (non-hydrogen) atoms. The van der Waals surface area contributed by atoms with Crippen molar-refractivity contribution in [3.63, 3.8) is 0 Å². The molecular formula is C17H23NO5S. The third-order valence-corrected chi connectivity index (χ3v) is 5.14. The maximum atomic E-state index is 12.1. The molecule has 1 fully saturated rings. The maximum absolute atomic E-state index is 12.1. The molecule has 1 aromatic carbocycles. The van der Waals surface area contributed by atoms with Crippen molar-refractivity contribution in [1.29, 1.82) is 0 Å². The van der Waals surface area contributed by atoms with Crippen LogP contribution in [0.4, 0.5) is 0 Å². The molecule has 0 N–H and O–H groups in total. The number of likely N-dealkylation sites (tertiary alicyclic amines) is 1. The molecule has 1 aliphatic heterocycles. The average molecular weight is 353 g/mol. The van der Waals surface area contributed by atoms with Crippen LogP contribution in [0.1, 0.15) is 28.8 Å². The molecule has 2 rings (SSSR count). The molecular weight excluding hydrogens is 330 g/mol. The smallest absolute Gasteiger partial charge is 0.337 e. The Morgan fingerprint density at radius 3 is 2.75 bits per heavy atom. The monoisotopic (exact) mass is 353 g/mol. The molecule has 1 aliphatic rings. The Labute approximate surface area is 142 Å². The minimum atomic E-state index is -3.12. The summed E-state index contributed by atoms with van der Waals surface area (Å²) in [5.41, 5.74) is 1.56. The minimum Gasteiger partial charge on any atom is -0.465 e. The van der Waals surface area contributed by atoms with E-state index in [2.05, 4.69) is 0 Å². The van der Waals surface area contributed by atoms with Crippen LogP contribution >= 0.6 is 0 Å². The van der Waals surface area contributed by atoms with E-state index in [0.717, 1.165) is 24.7 Å². The third kappa shape index (κ3) is 5.33. The predicted octanol–water partition coefficient (Wildman–Crippen LogP) is 1.30. The summed E-state index contributed by atoms with van der Waals surface area (Å²) in [4.78, 5) is 25.4. The van der Waals surface area contributed by atoms with Crippen LogP contribution in [0.2, 0.25) is 0 Å². The molecule has 132 valence electrons. The van der Waals surface area contributed by atoms with Crippen LogP contribution in [0.3, 0.4) is 0 Å². The van der Waals surface area contributed by atoms with Gasteiger partial charge in [-0.15, -0.1) is 0 Å². The van der Waals surface area contributed by atoms with Crippen molar-refractivity contribution < 1.29 is 22.7 Å². The van der Waals surface area contributed by atoms with E-state index >= 15 is 0 Å². The number of carbonyl (C=O) groups is 2. The molecule has 0 aliphatic carbocycles. The molecule has 0 spiro atoms. The zero-order valence-corrected chi connectivity index (χ0v) is 14.8. The molecule has 0 bridgehead atoms. The van der Waals surface area contributed by atoms with Crippen LogP contribution in [-0.4, -0.2) is 57.4 Å². The van der Waals surface area contributed by atoms with Crippen molar-refractivity contribution in [2.45, 2.75) is 19.3 Å². The number of hydrogen-bond donors (Lipinski definition) is 0. The van der Waals surface area contributed by atoms with Crippen LogP contribution in [0.25, 0.3) is 0 Å². The third-order valence-electron chi connectivity index (χ3n) is 4.20. The fourth-order valence-corrected chi connectivity index (χ4v) is 3.48. The highest BCUT2D eigenvalue weighted by molar-refractivity contribution is 7.90. The van der Waals surface area contributed by atoms with Gasteiger partial charge in [-0.3, -0.25) is 4.79 Å². The van der Waals surface area contributed by atoms with Crippen molar-refractivity contribution in [2.24, 2.45) is 5.92 Å². The summed E-state index contributed by atoms with van der Waals surface area (Å²) < 4.78 is 27.0. The topological polar surface area (TPSA) is 80.8 Å². The summed E-state index contributed by atoms with van der Waals surface area (Å²) in [5, 5.41) is 0. The fraction of sp³-hybridized carbons (Fsp3) is 0.529. The second-order valence-corrected chi connectivity index (χ2v) is 8.53. The lowest BCUT2D eigenvalue weighted by atomic mass is 9.97. The molecule has 0 saturated carbocycles. The van der Waals surface area contributed by atoms with Gasteiger partial charge in [0.2, 0.25) is 5.91 Å². The van der Waals surface area contributed by atoms with E-state index in [4.69, 9.17) is 4.74 Å². The van der Waals surface area contributed by atoms with Crippen LogP contribution in [-0.2, 0) is 25.8 Å². The molecule has 6 nitrogen and oxygen atoms in total. The van der Waals surface area contributed by atoms with E-state index in [9.17, 15) is 18.0 Å². The zero-order valence-electron chi connectivity index (χ0n) is 14.0. The Hall–Kier alpha value is -1.89. The number of nitrogens with zero attached hydrogens (tertiary/aromatic N) is 1. The Bertz CT molecular complexity index is 713. The molecule has 1 saturated heterocycles. The first-order valence-corrected chi connectivity index (χ1v) is 9.97. The highest BCUT2D eigenvalue weighted by Crippen LogP contribution is 2.22. The van der Waals surface area contributed by atoms with Gasteiger partial charge in [-0.25, -0.2) is 13.2 Å². The lowest BCUT2D eigenvalue weighted by Crippen LogP contribution is -2.30. The number of benzene rings is 1. The number of sulfone groups is 1. The zero-order chi connectivity index (χ0) is 17.7. The molecule has 0 aromatic heterocycles. The van der Waals surface area contributed by atoms with E-state index < -0.39 is 9.84 Å². The highest BCUT2D eigenvalue weighted by atomic mass is 32.2. The number of hydrogen-bond acceptors (Lipinski definition) is 5. The van der Waals surface area contributed by atoms with Crippen molar-refractivity contribution in [3.05, 3.63) is 35.4 Å². The largest absolute Gasteiger partial charge is 0.465 e. The molecule has 1 amide bonds. The number of amides is 1. The van der Waals surface area contributed by atoms with Crippen molar-refractivity contribution in [3.8, 4) is 0 Å². The molecule has 1 aromatic rings. The first kappa shape index (κ1) is 18.4. The number of esters is 1. The van der Waals surface area contributed by atoms with Gasteiger partial charge in [-0.05, 0) is 36.5 Å². The Balaban J connectivity index is 1.90. The minimum absolute atomic E-state index is 0.0450. The predicted molar refractivity (Wildman–Crippen MR) is 90.5 cm³/mol. The summed E-state index contributed by atoms with van der Waals surface area (Å²) in [7, 11) is -1.76. The quantitative estimate of drug-likeness (QED) is 0.720. The van der Waals surface area contributed by atoms with Crippen molar-refractivity contribution >= 4 is 21.7 Å². The van der Waals surface area contributed by atoms with E-state index in [1.54, 1.807) is 11.0 Å². The van der Waals surface area contributed by atoms with Gasteiger partial charge in [0.25, 0.3) is 0 Å². The van der Waals surface area contributed by atoms with Crippen LogP contribution in [0.5, 0.6) is 0 Å². The SMILES string of the molecule is COC(=O)c1cccc(CC2CCN(C(=O)CCS(C)(=O)=O)C2)c1. The second-order valence-electron chi connectivity index (χ2n) is 6.27. The number of rotatable bonds is 6. The van der Waals surface area contributed by atoms with Gasteiger partial charge in [-0.1, -0.05) is 12.1 Å². The first-order valence-electron chi connectivity index (χ1n) is 7.91. The van der Waals surface area contributed by atoms with Crippen LogP contribution in [0.15, 0.2) is 24.3 Å². The Morgan fingerprint density at radius 2 is 2.08 bits per heavy atom. The summed E-state index contributed by atoms with van der Waals surface area (Å²) in [6.45, 7) is 1.29. The van der Waals surface area contributed by atoms with Gasteiger partial charge in [0, 0.05) is 25.8 Å². The summed E-state index contributed by atoms with van der Waals surface area (Å²) >= 11 is 0. The number of methoxy groups -OCH3 is 1. The van der Waals surface area contributed by atoms with Gasteiger partial charge >= 0.3 is 5.97 Å². The standard InChI is InChI=1S/C17H23NO5S/c1-23-17(20)15-5-3-4-13(11-15)10-14-6-8-18(12-14)16(19)7-9-24(2,21)22/h3-5,11,14H,6-10,12H2,1-2H3. The highest BCUT2D eigenvalue weighted by Gasteiger charge is 2.26. The summed E-state index contributed by atoms with van der Waals surface area (Å²) in [6.07, 6.45) is 2.85. The molecule has 1 heterocycles. The van der Waals surface area contributed by atoms with Crippen LogP contribution < -0.4 is 0 Å². The van der Waals surface area contributed by atoms with Crippen LogP contribution in [0, 0.1) is 5.92 Å². The normalized spacial score (nSPS) is 17.8. The van der Waals surface area contributed by atoms with Crippen molar-refractivity contribution in [2.75, 3.05) is 32.2 Å². The van der Waals surface area contributed by atoms with E-state index in [0.29, 0.717) is 24.6 Å². The van der Waals surface area contributed by atoms with Gasteiger partial charge in [0.15, 0.2) is 0 Å². The first-order chi connectivity index (χ1) is 11.3. The summed E-state index contributed by atoms with van der Waals surface area (Å²) in [6, 6.07) is 7.32. The Kier molecular flexibility index (Phi) is 5.99. The van der Waals surface area contributed by atoms with Gasteiger partial charge in [-0.2, -0.15) is 0 Å². The summed E-state index contributed by atoms with van der Waals surface area (Å²) in [5.74, 6) is -0.249. The van der Waals surface area contributed by atoms with Gasteiger partial charge in [0.05, 0.1) is 18.4 Å². The van der Waals surface area contributed by atoms with Gasteiger partial charge < -0.3 is 9.64 Å². The maximum Gasteiger partial charge on any atom is 0.337 e. The fourth-order valence-electron chi connectivity index (χ4n) is 2.93. The van der Waals surface area contributed by atoms with E-state index in [-0.39, 0.29) is 24.1 Å². The second kappa shape index (κ2) is 7.79. The Morgan fingerprint density at radius 1 is 1.33 bits per heavy atom. The van der Waals surface area contributed by atoms with Gasteiger partial charge in [0.1, 0.15) is 9.84 Å². The number of carbonyl (C=O) groups excluding carboxylic acids is 2. The van der Waals surface area contributed by atoms with Crippen molar-refractivity contribution in [1.82, 2.24) is 4.90 Å².